The number of carbonyl (C=O) groups excluding carboxylic acids is 1. The molecule has 0 amide bonds. The highest BCUT2D eigenvalue weighted by Gasteiger charge is 2.26. The number of aryl methyl sites for hydroxylation is 1. The third-order valence-corrected chi connectivity index (χ3v) is 5.47. The number of methoxy groups -OCH3 is 1. The van der Waals surface area contributed by atoms with E-state index in [9.17, 15) is 14.9 Å². The number of nitro groups is 1. The molecule has 0 aliphatic carbocycles. The minimum Gasteiger partial charge on any atom is -0.493 e. The Labute approximate surface area is 200 Å². The number of nitro benzene ring substituents is 1. The smallest absolute Gasteiger partial charge is 0.363 e. The molecule has 1 aliphatic rings. The Morgan fingerprint density at radius 2 is 1.91 bits per heavy atom. The van der Waals surface area contributed by atoms with Gasteiger partial charge in [-0.05, 0) is 42.8 Å². The van der Waals surface area contributed by atoms with Crippen LogP contribution >= 0.6 is 11.6 Å². The first-order valence-corrected chi connectivity index (χ1v) is 10.6. The van der Waals surface area contributed by atoms with Crippen molar-refractivity contribution in [2.24, 2.45) is 4.99 Å². The van der Waals surface area contributed by atoms with E-state index in [-0.39, 0.29) is 23.9 Å². The Bertz CT molecular complexity index is 1350. The van der Waals surface area contributed by atoms with E-state index in [1.807, 2.05) is 18.2 Å². The third kappa shape index (κ3) is 4.92. The predicted octanol–water partition coefficient (Wildman–Crippen LogP) is 5.49. The van der Waals surface area contributed by atoms with Crippen LogP contribution in [0.25, 0.3) is 6.08 Å². The zero-order valence-electron chi connectivity index (χ0n) is 18.3. The number of halogens is 1. The predicted molar refractivity (Wildman–Crippen MR) is 127 cm³/mol. The first-order chi connectivity index (χ1) is 16.4. The van der Waals surface area contributed by atoms with Crippen molar-refractivity contribution in [2.75, 3.05) is 7.11 Å². The van der Waals surface area contributed by atoms with Crippen molar-refractivity contribution in [3.8, 4) is 11.5 Å². The third-order valence-electron chi connectivity index (χ3n) is 5.11. The summed E-state index contributed by atoms with van der Waals surface area (Å²) in [6.45, 7) is 1.89. The fourth-order valence-electron chi connectivity index (χ4n) is 3.29. The number of cyclic esters (lactones) is 1. The van der Waals surface area contributed by atoms with E-state index in [0.29, 0.717) is 33.2 Å². The quantitative estimate of drug-likeness (QED) is 0.193. The number of hydrogen-bond donors (Lipinski definition) is 0. The van der Waals surface area contributed by atoms with Crippen molar-refractivity contribution >= 4 is 35.2 Å². The van der Waals surface area contributed by atoms with Crippen LogP contribution in [0.4, 0.5) is 5.69 Å². The number of nitrogens with zero attached hydrogens (tertiary/aromatic N) is 2. The molecule has 0 unspecified atom stereocenters. The van der Waals surface area contributed by atoms with E-state index in [2.05, 4.69) is 4.99 Å². The second kappa shape index (κ2) is 9.76. The van der Waals surface area contributed by atoms with E-state index in [0.717, 1.165) is 5.56 Å². The molecule has 0 saturated heterocycles. The number of esters is 1. The van der Waals surface area contributed by atoms with Gasteiger partial charge in [0.1, 0.15) is 6.61 Å². The second-order valence-electron chi connectivity index (χ2n) is 7.38. The Balaban J connectivity index is 1.57. The van der Waals surface area contributed by atoms with E-state index in [1.54, 1.807) is 43.3 Å². The van der Waals surface area contributed by atoms with Gasteiger partial charge in [0.15, 0.2) is 17.2 Å². The van der Waals surface area contributed by atoms with Crippen LogP contribution in [0.1, 0.15) is 22.3 Å². The van der Waals surface area contributed by atoms with Crippen molar-refractivity contribution in [2.45, 2.75) is 13.5 Å². The minimum atomic E-state index is -0.656. The Hall–Kier alpha value is -4.17. The fraction of sp³-hybridized carbons (Fsp3) is 0.120. The molecule has 0 aromatic heterocycles. The normalized spacial score (nSPS) is 14.0. The number of rotatable bonds is 7. The molecule has 9 heteroatoms. The van der Waals surface area contributed by atoms with Gasteiger partial charge in [-0.25, -0.2) is 9.79 Å². The van der Waals surface area contributed by atoms with E-state index < -0.39 is 10.9 Å². The summed E-state index contributed by atoms with van der Waals surface area (Å²) < 4.78 is 16.5. The molecule has 0 bridgehead atoms. The largest absolute Gasteiger partial charge is 0.493 e. The number of benzene rings is 3. The zero-order chi connectivity index (χ0) is 24.2. The summed E-state index contributed by atoms with van der Waals surface area (Å²) in [7, 11) is 1.51. The fourth-order valence-corrected chi connectivity index (χ4v) is 3.48. The molecule has 34 heavy (non-hydrogen) atoms. The highest BCUT2D eigenvalue weighted by molar-refractivity contribution is 6.31. The molecule has 4 rings (SSSR count). The second-order valence-corrected chi connectivity index (χ2v) is 7.79. The molecule has 8 nitrogen and oxygen atoms in total. The molecule has 3 aromatic rings. The summed E-state index contributed by atoms with van der Waals surface area (Å²) in [6.07, 6.45) is 1.54. The first kappa shape index (κ1) is 23.0. The molecule has 0 fully saturated rings. The van der Waals surface area contributed by atoms with Crippen LogP contribution in [0, 0.1) is 17.0 Å². The van der Waals surface area contributed by atoms with Crippen LogP contribution < -0.4 is 9.47 Å². The van der Waals surface area contributed by atoms with Crippen LogP contribution in [0.3, 0.4) is 0 Å². The molecular formula is C25H19ClN2O6. The number of ether oxygens (including phenoxy) is 3. The topological polar surface area (TPSA) is 100 Å². The molecule has 0 spiro atoms. The van der Waals surface area contributed by atoms with Crippen LogP contribution in [-0.4, -0.2) is 23.9 Å². The van der Waals surface area contributed by atoms with Crippen molar-refractivity contribution < 1.29 is 23.9 Å². The Kier molecular flexibility index (Phi) is 6.60. The van der Waals surface area contributed by atoms with Gasteiger partial charge >= 0.3 is 5.97 Å². The summed E-state index contributed by atoms with van der Waals surface area (Å²) >= 11 is 6.18. The Morgan fingerprint density at radius 3 is 2.65 bits per heavy atom. The lowest BCUT2D eigenvalue weighted by Gasteiger charge is -2.12. The van der Waals surface area contributed by atoms with Gasteiger partial charge in [0.25, 0.3) is 5.69 Å². The van der Waals surface area contributed by atoms with Gasteiger partial charge in [0.05, 0.1) is 12.0 Å². The summed E-state index contributed by atoms with van der Waals surface area (Å²) in [5.74, 6) is 0.322. The zero-order valence-corrected chi connectivity index (χ0v) is 19.0. The average Bonchev–Trinajstić information content (AvgIpc) is 3.19. The first-order valence-electron chi connectivity index (χ1n) is 10.2. The Morgan fingerprint density at radius 1 is 1.12 bits per heavy atom. The highest BCUT2D eigenvalue weighted by atomic mass is 35.5. The molecule has 0 atom stereocenters. The van der Waals surface area contributed by atoms with Gasteiger partial charge < -0.3 is 14.2 Å². The standard InChI is InChI=1S/C25H19ClN2O6/c1-15-7-9-17(13-21(15)28(30)31)24-27-20(25(29)34-24)11-16-8-10-22(23(12-16)32-2)33-14-18-5-3-4-6-19(18)26/h3-13H,14H2,1-2H3/b20-11-. The average molecular weight is 479 g/mol. The molecule has 0 radical (unpaired) electrons. The van der Waals surface area contributed by atoms with Crippen LogP contribution in [0.2, 0.25) is 5.02 Å². The molecule has 0 saturated carbocycles. The molecule has 1 aliphatic heterocycles. The van der Waals surface area contributed by atoms with E-state index >= 15 is 0 Å². The number of aliphatic imine (C=N–C) groups is 1. The van der Waals surface area contributed by atoms with Gasteiger partial charge in [0.2, 0.25) is 5.90 Å². The van der Waals surface area contributed by atoms with Gasteiger partial charge in [-0.1, -0.05) is 41.9 Å². The van der Waals surface area contributed by atoms with Crippen LogP contribution in [0.5, 0.6) is 11.5 Å². The molecule has 1 heterocycles. The van der Waals surface area contributed by atoms with Crippen molar-refractivity contribution in [1.29, 1.82) is 0 Å². The molecule has 172 valence electrons. The molecule has 0 N–H and O–H groups in total. The van der Waals surface area contributed by atoms with E-state index in [4.69, 9.17) is 25.8 Å². The van der Waals surface area contributed by atoms with Crippen molar-refractivity contribution in [3.05, 3.63) is 104 Å². The van der Waals surface area contributed by atoms with Gasteiger partial charge in [0, 0.05) is 27.8 Å². The van der Waals surface area contributed by atoms with Gasteiger partial charge in [-0.2, -0.15) is 0 Å². The maximum absolute atomic E-state index is 12.4. The highest BCUT2D eigenvalue weighted by Crippen LogP contribution is 2.31. The maximum atomic E-state index is 12.4. The lowest BCUT2D eigenvalue weighted by atomic mass is 10.1. The van der Waals surface area contributed by atoms with Crippen molar-refractivity contribution in [1.82, 2.24) is 0 Å². The van der Waals surface area contributed by atoms with Crippen molar-refractivity contribution in [3.63, 3.8) is 0 Å². The monoisotopic (exact) mass is 478 g/mol. The van der Waals surface area contributed by atoms with Crippen LogP contribution in [0.15, 0.2) is 71.4 Å². The lowest BCUT2D eigenvalue weighted by Crippen LogP contribution is -2.06. The van der Waals surface area contributed by atoms with Crippen LogP contribution in [-0.2, 0) is 16.1 Å². The number of carbonyl (C=O) groups is 1. The SMILES string of the molecule is COc1cc(/C=C2\N=C(c3ccc(C)c([N+](=O)[O-])c3)OC2=O)ccc1OCc1ccccc1Cl. The van der Waals surface area contributed by atoms with Gasteiger partial charge in [-0.3, -0.25) is 10.1 Å². The summed E-state index contributed by atoms with van der Waals surface area (Å²) in [5.41, 5.74) is 2.29. The maximum Gasteiger partial charge on any atom is 0.363 e. The minimum absolute atomic E-state index is 0.00556. The lowest BCUT2D eigenvalue weighted by molar-refractivity contribution is -0.385. The molecular weight excluding hydrogens is 460 g/mol. The van der Waals surface area contributed by atoms with E-state index in [1.165, 1.54) is 19.3 Å². The summed E-state index contributed by atoms with van der Waals surface area (Å²) in [5, 5.41) is 11.8. The number of hydrogen-bond acceptors (Lipinski definition) is 7. The summed E-state index contributed by atoms with van der Waals surface area (Å²) in [4.78, 5) is 27.3. The summed E-state index contributed by atoms with van der Waals surface area (Å²) in [6, 6.07) is 17.1. The van der Waals surface area contributed by atoms with Gasteiger partial charge in [-0.15, -0.1) is 0 Å². The molecule has 3 aromatic carbocycles.